The van der Waals surface area contributed by atoms with Crippen molar-refractivity contribution >= 4 is 35.6 Å². The van der Waals surface area contributed by atoms with Crippen LogP contribution in [0.1, 0.15) is 32.2 Å². The maximum atomic E-state index is 4.89. The van der Waals surface area contributed by atoms with E-state index in [1.54, 1.807) is 0 Å². The molecule has 2 aromatic rings. The summed E-state index contributed by atoms with van der Waals surface area (Å²) in [6, 6.07) is 8.76. The molecule has 1 fully saturated rings. The largest absolute Gasteiger partial charge is 0.368 e. The molecule has 1 saturated heterocycles. The summed E-state index contributed by atoms with van der Waals surface area (Å²) in [5.74, 6) is 2.62. The topological polar surface area (TPSA) is 48.7 Å². The Balaban J connectivity index is 0.00000300. The Labute approximate surface area is 192 Å². The van der Waals surface area contributed by atoms with Crippen LogP contribution in [-0.4, -0.2) is 53.1 Å². The van der Waals surface area contributed by atoms with E-state index < -0.39 is 0 Å². The van der Waals surface area contributed by atoms with Gasteiger partial charge < -0.3 is 19.7 Å². The van der Waals surface area contributed by atoms with Gasteiger partial charge in [-0.05, 0) is 37.5 Å². The third-order valence-electron chi connectivity index (χ3n) is 5.01. The summed E-state index contributed by atoms with van der Waals surface area (Å²) >= 11 is 0. The van der Waals surface area contributed by atoms with Gasteiger partial charge in [0.2, 0.25) is 0 Å². The number of nitrogens with one attached hydrogen (secondary N) is 1. The normalized spacial score (nSPS) is 14.9. The molecule has 7 heteroatoms. The van der Waals surface area contributed by atoms with Crippen molar-refractivity contribution in [2.24, 2.45) is 10.9 Å². The molecule has 29 heavy (non-hydrogen) atoms. The molecule has 0 atom stereocenters. The van der Waals surface area contributed by atoms with Crippen LogP contribution in [0.4, 0.5) is 5.69 Å². The minimum atomic E-state index is 0. The highest BCUT2D eigenvalue weighted by atomic mass is 127. The smallest absolute Gasteiger partial charge is 0.194 e. The molecule has 1 aliphatic rings. The fraction of sp³-hybridized carbons (Fsp3) is 0.545. The van der Waals surface area contributed by atoms with Crippen molar-refractivity contribution in [2.45, 2.75) is 40.8 Å². The minimum absolute atomic E-state index is 0. The molecule has 0 amide bonds. The van der Waals surface area contributed by atoms with Gasteiger partial charge in [-0.2, -0.15) is 0 Å². The Hall–Kier alpha value is -1.77. The van der Waals surface area contributed by atoms with Crippen LogP contribution in [0.25, 0.3) is 0 Å². The molecule has 6 nitrogen and oxygen atoms in total. The maximum absolute atomic E-state index is 4.89. The van der Waals surface area contributed by atoms with Crippen molar-refractivity contribution < 1.29 is 0 Å². The molecule has 0 spiro atoms. The first kappa shape index (κ1) is 23.5. The lowest BCUT2D eigenvalue weighted by atomic mass is 10.2. The van der Waals surface area contributed by atoms with E-state index >= 15 is 0 Å². The molecule has 0 radical (unpaired) electrons. The Morgan fingerprint density at radius 1 is 1.21 bits per heavy atom. The number of rotatable bonds is 6. The summed E-state index contributed by atoms with van der Waals surface area (Å²) in [5, 5.41) is 3.46. The Morgan fingerprint density at radius 2 is 1.97 bits per heavy atom. The molecule has 1 aromatic carbocycles. The fourth-order valence-corrected chi connectivity index (χ4v) is 3.62. The van der Waals surface area contributed by atoms with Crippen molar-refractivity contribution in [1.82, 2.24) is 19.8 Å². The van der Waals surface area contributed by atoms with Crippen LogP contribution in [0.5, 0.6) is 0 Å². The summed E-state index contributed by atoms with van der Waals surface area (Å²) in [5.41, 5.74) is 2.63. The number of nitrogens with zero attached hydrogens (tertiary/aromatic N) is 5. The average molecular weight is 510 g/mol. The molecular formula is C22H35IN6. The number of aliphatic imine (C=N–C) groups is 1. The number of hydrogen-bond donors (Lipinski definition) is 1. The van der Waals surface area contributed by atoms with Gasteiger partial charge >= 0.3 is 0 Å². The highest BCUT2D eigenvalue weighted by Gasteiger charge is 2.20. The number of hydrogen-bond acceptors (Lipinski definition) is 3. The van der Waals surface area contributed by atoms with Crippen LogP contribution in [0.2, 0.25) is 0 Å². The molecule has 2 heterocycles. The number of anilines is 1. The third kappa shape index (κ3) is 6.62. The standard InChI is InChI=1S/C22H34N6.HI/c1-5-23-22(25-16-21-24-9-10-28(21)17-18(2)3)27-13-11-26(12-14-27)20-8-6-7-19(4)15-20;/h6-10,15,18H,5,11-14,16-17H2,1-4H3,(H,23,25);1H. The zero-order valence-corrected chi connectivity index (χ0v) is 20.5. The van der Waals surface area contributed by atoms with Crippen molar-refractivity contribution in [3.05, 3.63) is 48.0 Å². The van der Waals surface area contributed by atoms with Crippen molar-refractivity contribution in [1.29, 1.82) is 0 Å². The van der Waals surface area contributed by atoms with Gasteiger partial charge in [0, 0.05) is 57.3 Å². The second-order valence-electron chi connectivity index (χ2n) is 7.87. The van der Waals surface area contributed by atoms with Crippen molar-refractivity contribution in [2.75, 3.05) is 37.6 Å². The van der Waals surface area contributed by atoms with E-state index in [4.69, 9.17) is 4.99 Å². The van der Waals surface area contributed by atoms with Crippen LogP contribution in [0.3, 0.4) is 0 Å². The molecule has 1 aliphatic heterocycles. The first-order valence-electron chi connectivity index (χ1n) is 10.4. The molecule has 160 valence electrons. The van der Waals surface area contributed by atoms with Crippen LogP contribution in [0, 0.1) is 12.8 Å². The highest BCUT2D eigenvalue weighted by molar-refractivity contribution is 14.0. The molecule has 1 N–H and O–H groups in total. The average Bonchev–Trinajstić information content (AvgIpc) is 3.11. The summed E-state index contributed by atoms with van der Waals surface area (Å²) in [7, 11) is 0. The fourth-order valence-electron chi connectivity index (χ4n) is 3.62. The van der Waals surface area contributed by atoms with Gasteiger partial charge in [-0.1, -0.05) is 26.0 Å². The molecule has 0 saturated carbocycles. The lowest BCUT2D eigenvalue weighted by molar-refractivity contribution is 0.372. The van der Waals surface area contributed by atoms with Gasteiger partial charge in [-0.3, -0.25) is 0 Å². The van der Waals surface area contributed by atoms with E-state index in [1.165, 1.54) is 11.3 Å². The monoisotopic (exact) mass is 510 g/mol. The van der Waals surface area contributed by atoms with Gasteiger partial charge in [0.15, 0.2) is 5.96 Å². The molecule has 0 aliphatic carbocycles. The number of benzene rings is 1. The lowest BCUT2D eigenvalue weighted by Gasteiger charge is -2.37. The number of halogens is 1. The predicted molar refractivity (Wildman–Crippen MR) is 132 cm³/mol. The van der Waals surface area contributed by atoms with E-state index in [9.17, 15) is 0 Å². The number of imidazole rings is 1. The van der Waals surface area contributed by atoms with Crippen LogP contribution in [0.15, 0.2) is 41.7 Å². The van der Waals surface area contributed by atoms with Crippen LogP contribution < -0.4 is 10.2 Å². The zero-order valence-electron chi connectivity index (χ0n) is 18.1. The molecular weight excluding hydrogens is 475 g/mol. The van der Waals surface area contributed by atoms with Gasteiger partial charge in [0.1, 0.15) is 12.4 Å². The van der Waals surface area contributed by atoms with Gasteiger partial charge in [-0.25, -0.2) is 9.98 Å². The number of guanidine groups is 1. The van der Waals surface area contributed by atoms with Crippen molar-refractivity contribution in [3.8, 4) is 0 Å². The van der Waals surface area contributed by atoms with E-state index in [0.29, 0.717) is 12.5 Å². The first-order valence-corrected chi connectivity index (χ1v) is 10.4. The SMILES string of the molecule is CCNC(=NCc1nccn1CC(C)C)N1CCN(c2cccc(C)c2)CC1.I. The summed E-state index contributed by atoms with van der Waals surface area (Å²) in [6.45, 7) is 15.2. The Morgan fingerprint density at radius 3 is 2.62 bits per heavy atom. The second-order valence-corrected chi connectivity index (χ2v) is 7.87. The first-order chi connectivity index (χ1) is 13.6. The van der Waals surface area contributed by atoms with E-state index in [-0.39, 0.29) is 24.0 Å². The van der Waals surface area contributed by atoms with E-state index in [0.717, 1.165) is 51.1 Å². The molecule has 0 unspecified atom stereocenters. The van der Waals surface area contributed by atoms with Crippen LogP contribution >= 0.6 is 24.0 Å². The molecule has 1 aromatic heterocycles. The zero-order chi connectivity index (χ0) is 19.9. The Bertz CT molecular complexity index is 777. The minimum Gasteiger partial charge on any atom is -0.368 e. The van der Waals surface area contributed by atoms with Gasteiger partial charge in [0.25, 0.3) is 0 Å². The second kappa shape index (κ2) is 11.4. The Kier molecular flexibility index (Phi) is 9.26. The van der Waals surface area contributed by atoms with E-state index in [2.05, 4.69) is 82.8 Å². The number of aromatic nitrogens is 2. The summed E-state index contributed by atoms with van der Waals surface area (Å²) in [6.07, 6.45) is 3.93. The predicted octanol–water partition coefficient (Wildman–Crippen LogP) is 3.75. The lowest BCUT2D eigenvalue weighted by Crippen LogP contribution is -2.52. The molecule has 0 bridgehead atoms. The molecule has 3 rings (SSSR count). The van der Waals surface area contributed by atoms with Crippen LogP contribution in [-0.2, 0) is 13.1 Å². The van der Waals surface area contributed by atoms with E-state index in [1.807, 2.05) is 6.20 Å². The maximum Gasteiger partial charge on any atom is 0.194 e. The summed E-state index contributed by atoms with van der Waals surface area (Å²) in [4.78, 5) is 14.2. The summed E-state index contributed by atoms with van der Waals surface area (Å²) < 4.78 is 2.22. The van der Waals surface area contributed by atoms with Gasteiger partial charge in [-0.15, -0.1) is 24.0 Å². The van der Waals surface area contributed by atoms with Crippen molar-refractivity contribution in [3.63, 3.8) is 0 Å². The van der Waals surface area contributed by atoms with Gasteiger partial charge in [0.05, 0.1) is 0 Å². The highest BCUT2D eigenvalue weighted by Crippen LogP contribution is 2.18. The third-order valence-corrected chi connectivity index (χ3v) is 5.01. The number of aryl methyl sites for hydroxylation is 1. The quantitative estimate of drug-likeness (QED) is 0.366. The number of piperazine rings is 1.